The first kappa shape index (κ1) is 12.3. The predicted octanol–water partition coefficient (Wildman–Crippen LogP) is 2.48. The first-order valence-electron chi connectivity index (χ1n) is 6.00. The standard InChI is InChI=1S/C14H12FN3O2/c15-8-2-1-3-9(4-8)17-11-6-12-13(5-10(11)16)20-7-14(19)18-12/h1-6,17H,7,16H2,(H,18,19). The number of carbonyl (C=O) groups is 1. The molecule has 0 unspecified atom stereocenters. The third kappa shape index (κ3) is 2.35. The fraction of sp³-hybridized carbons (Fsp3) is 0.0714. The van der Waals surface area contributed by atoms with Crippen LogP contribution in [0.25, 0.3) is 0 Å². The molecule has 0 atom stereocenters. The van der Waals surface area contributed by atoms with Gasteiger partial charge in [0.25, 0.3) is 5.91 Å². The minimum Gasteiger partial charge on any atom is -0.482 e. The van der Waals surface area contributed by atoms with Gasteiger partial charge in [-0.15, -0.1) is 0 Å². The summed E-state index contributed by atoms with van der Waals surface area (Å²) in [5, 5.41) is 5.70. The third-order valence-corrected chi connectivity index (χ3v) is 2.89. The molecule has 102 valence electrons. The summed E-state index contributed by atoms with van der Waals surface area (Å²) >= 11 is 0. The van der Waals surface area contributed by atoms with Gasteiger partial charge in [0, 0.05) is 11.8 Å². The zero-order valence-corrected chi connectivity index (χ0v) is 10.4. The summed E-state index contributed by atoms with van der Waals surface area (Å²) < 4.78 is 18.4. The van der Waals surface area contributed by atoms with Gasteiger partial charge in [0.15, 0.2) is 6.61 Å². The highest BCUT2D eigenvalue weighted by Gasteiger charge is 2.17. The number of halogens is 1. The molecule has 3 rings (SSSR count). The van der Waals surface area contributed by atoms with E-state index in [2.05, 4.69) is 10.6 Å². The van der Waals surface area contributed by atoms with Crippen LogP contribution in [0.15, 0.2) is 36.4 Å². The van der Waals surface area contributed by atoms with Gasteiger partial charge in [0.1, 0.15) is 11.6 Å². The highest BCUT2D eigenvalue weighted by atomic mass is 19.1. The molecule has 0 aliphatic carbocycles. The average molecular weight is 273 g/mol. The summed E-state index contributed by atoms with van der Waals surface area (Å²) in [5.74, 6) is -0.0472. The maximum atomic E-state index is 13.1. The molecule has 1 amide bonds. The molecule has 20 heavy (non-hydrogen) atoms. The van der Waals surface area contributed by atoms with E-state index in [0.29, 0.717) is 28.5 Å². The Morgan fingerprint density at radius 1 is 1.30 bits per heavy atom. The summed E-state index contributed by atoms with van der Waals surface area (Å²) in [4.78, 5) is 11.3. The van der Waals surface area contributed by atoms with E-state index in [1.807, 2.05) is 0 Å². The average Bonchev–Trinajstić information content (AvgIpc) is 2.40. The van der Waals surface area contributed by atoms with Crippen molar-refractivity contribution in [1.82, 2.24) is 0 Å². The number of nitrogen functional groups attached to an aromatic ring is 1. The number of carbonyl (C=O) groups excluding carboxylic acids is 1. The number of amides is 1. The molecule has 2 aromatic rings. The van der Waals surface area contributed by atoms with Crippen LogP contribution < -0.4 is 21.1 Å². The first-order chi connectivity index (χ1) is 9.61. The molecule has 0 fully saturated rings. The van der Waals surface area contributed by atoms with Gasteiger partial charge in [0.2, 0.25) is 0 Å². The summed E-state index contributed by atoms with van der Waals surface area (Å²) in [6.45, 7) is -0.0247. The van der Waals surface area contributed by atoms with Crippen LogP contribution in [0.3, 0.4) is 0 Å². The number of rotatable bonds is 2. The molecule has 0 saturated heterocycles. The van der Waals surface area contributed by atoms with Crippen molar-refractivity contribution >= 4 is 28.7 Å². The molecule has 0 spiro atoms. The molecule has 0 saturated carbocycles. The Kier molecular flexibility index (Phi) is 2.90. The van der Waals surface area contributed by atoms with E-state index in [4.69, 9.17) is 10.5 Å². The number of nitrogens with two attached hydrogens (primary N) is 1. The van der Waals surface area contributed by atoms with E-state index in [9.17, 15) is 9.18 Å². The predicted molar refractivity (Wildman–Crippen MR) is 74.7 cm³/mol. The number of hydrogen-bond donors (Lipinski definition) is 3. The summed E-state index contributed by atoms with van der Waals surface area (Å²) in [6, 6.07) is 9.31. The van der Waals surface area contributed by atoms with E-state index < -0.39 is 0 Å². The maximum Gasteiger partial charge on any atom is 0.262 e. The van der Waals surface area contributed by atoms with E-state index in [-0.39, 0.29) is 18.3 Å². The molecular weight excluding hydrogens is 261 g/mol. The first-order valence-corrected chi connectivity index (χ1v) is 6.00. The highest BCUT2D eigenvalue weighted by molar-refractivity contribution is 5.97. The second-order valence-electron chi connectivity index (χ2n) is 4.41. The fourth-order valence-corrected chi connectivity index (χ4v) is 1.97. The van der Waals surface area contributed by atoms with Crippen molar-refractivity contribution in [2.24, 2.45) is 0 Å². The quantitative estimate of drug-likeness (QED) is 0.735. The maximum absolute atomic E-state index is 13.1. The van der Waals surface area contributed by atoms with Crippen molar-refractivity contribution in [3.8, 4) is 5.75 Å². The lowest BCUT2D eigenvalue weighted by Crippen LogP contribution is -2.25. The zero-order valence-electron chi connectivity index (χ0n) is 10.4. The molecule has 0 aromatic heterocycles. The van der Waals surface area contributed by atoms with Crippen LogP contribution >= 0.6 is 0 Å². The molecule has 2 aromatic carbocycles. The van der Waals surface area contributed by atoms with Gasteiger partial charge < -0.3 is 21.1 Å². The molecule has 1 aliphatic rings. The number of ether oxygens (including phenoxy) is 1. The summed E-state index contributed by atoms with van der Waals surface area (Å²) in [5.41, 5.74) is 8.04. The van der Waals surface area contributed by atoms with Crippen LogP contribution in [0.5, 0.6) is 5.75 Å². The van der Waals surface area contributed by atoms with Crippen molar-refractivity contribution in [3.05, 3.63) is 42.2 Å². The highest BCUT2D eigenvalue weighted by Crippen LogP contribution is 2.36. The minimum absolute atomic E-state index is 0.0247. The second kappa shape index (κ2) is 4.73. The van der Waals surface area contributed by atoms with Crippen LogP contribution in [0.4, 0.5) is 27.1 Å². The zero-order chi connectivity index (χ0) is 14.1. The lowest BCUT2D eigenvalue weighted by atomic mass is 10.2. The molecule has 5 nitrogen and oxygen atoms in total. The van der Waals surface area contributed by atoms with Gasteiger partial charge in [-0.3, -0.25) is 4.79 Å². The molecule has 1 aliphatic heterocycles. The summed E-state index contributed by atoms with van der Waals surface area (Å²) in [7, 11) is 0. The van der Waals surface area contributed by atoms with Crippen molar-refractivity contribution in [2.45, 2.75) is 0 Å². The van der Waals surface area contributed by atoms with Crippen LogP contribution in [-0.4, -0.2) is 12.5 Å². The number of hydrogen-bond acceptors (Lipinski definition) is 4. The van der Waals surface area contributed by atoms with Gasteiger partial charge in [-0.05, 0) is 24.3 Å². The van der Waals surface area contributed by atoms with E-state index in [1.165, 1.54) is 12.1 Å². The Morgan fingerprint density at radius 3 is 2.95 bits per heavy atom. The monoisotopic (exact) mass is 273 g/mol. The Bertz CT molecular complexity index is 688. The van der Waals surface area contributed by atoms with Crippen molar-refractivity contribution in [3.63, 3.8) is 0 Å². The topological polar surface area (TPSA) is 76.4 Å². The van der Waals surface area contributed by atoms with Crippen LogP contribution in [-0.2, 0) is 4.79 Å². The van der Waals surface area contributed by atoms with Crippen molar-refractivity contribution in [2.75, 3.05) is 23.0 Å². The van der Waals surface area contributed by atoms with Crippen LogP contribution in [0.1, 0.15) is 0 Å². The number of anilines is 4. The molecule has 0 radical (unpaired) electrons. The fourth-order valence-electron chi connectivity index (χ4n) is 1.97. The van der Waals surface area contributed by atoms with Gasteiger partial charge in [0.05, 0.1) is 17.1 Å². The molecule has 0 bridgehead atoms. The number of fused-ring (bicyclic) bond motifs is 1. The lowest BCUT2D eigenvalue weighted by molar-refractivity contribution is -0.118. The minimum atomic E-state index is -0.344. The van der Waals surface area contributed by atoms with Crippen LogP contribution in [0, 0.1) is 5.82 Å². The van der Waals surface area contributed by atoms with Gasteiger partial charge in [-0.25, -0.2) is 4.39 Å². The van der Waals surface area contributed by atoms with Gasteiger partial charge in [-0.2, -0.15) is 0 Å². The van der Waals surface area contributed by atoms with Crippen molar-refractivity contribution < 1.29 is 13.9 Å². The Labute approximate surface area is 114 Å². The second-order valence-corrected chi connectivity index (χ2v) is 4.41. The Balaban J connectivity index is 1.94. The van der Waals surface area contributed by atoms with E-state index >= 15 is 0 Å². The largest absolute Gasteiger partial charge is 0.482 e. The molecule has 4 N–H and O–H groups in total. The molecular formula is C14H12FN3O2. The Hall–Kier alpha value is -2.76. The smallest absolute Gasteiger partial charge is 0.262 e. The van der Waals surface area contributed by atoms with E-state index in [1.54, 1.807) is 24.3 Å². The Morgan fingerprint density at radius 2 is 2.15 bits per heavy atom. The van der Waals surface area contributed by atoms with Crippen LogP contribution in [0.2, 0.25) is 0 Å². The normalized spacial score (nSPS) is 13.2. The SMILES string of the molecule is Nc1cc2c(cc1Nc1cccc(F)c1)NC(=O)CO2. The molecule has 1 heterocycles. The number of benzene rings is 2. The third-order valence-electron chi connectivity index (χ3n) is 2.89. The van der Waals surface area contributed by atoms with E-state index in [0.717, 1.165) is 0 Å². The summed E-state index contributed by atoms with van der Waals surface area (Å²) in [6.07, 6.45) is 0. The van der Waals surface area contributed by atoms with Gasteiger partial charge in [-0.1, -0.05) is 6.07 Å². The van der Waals surface area contributed by atoms with Gasteiger partial charge >= 0.3 is 0 Å². The van der Waals surface area contributed by atoms with Crippen molar-refractivity contribution in [1.29, 1.82) is 0 Å². The number of nitrogens with one attached hydrogen (secondary N) is 2. The molecule has 6 heteroatoms. The lowest BCUT2D eigenvalue weighted by Gasteiger charge is -2.20.